The van der Waals surface area contributed by atoms with E-state index >= 15 is 0 Å². The number of hydrogen-bond acceptors (Lipinski definition) is 7. The Labute approximate surface area is 295 Å². The van der Waals surface area contributed by atoms with Gasteiger partial charge in [0.25, 0.3) is 0 Å². The van der Waals surface area contributed by atoms with E-state index in [0.29, 0.717) is 5.69 Å². The summed E-state index contributed by atoms with van der Waals surface area (Å²) in [5.41, 5.74) is 3.28. The fourth-order valence-electron chi connectivity index (χ4n) is 6.41. The van der Waals surface area contributed by atoms with Crippen LogP contribution >= 0.6 is 0 Å². The molecule has 3 N–H and O–H groups in total. The van der Waals surface area contributed by atoms with Gasteiger partial charge in [0, 0.05) is 23.7 Å². The molecule has 1 aliphatic rings. The van der Waals surface area contributed by atoms with Crippen molar-refractivity contribution in [3.8, 4) is 0 Å². The number of esters is 1. The molecule has 1 heterocycles. The number of aliphatic hydroxyl groups excluding tert-OH is 1. The molecule has 1 fully saturated rings. The van der Waals surface area contributed by atoms with Crippen LogP contribution in [-0.2, 0) is 25.6 Å². The largest absolute Gasteiger partial charge is 0.465 e. The van der Waals surface area contributed by atoms with Crippen LogP contribution in [0.2, 0.25) is 0 Å². The number of urea groups is 1. The van der Waals surface area contributed by atoms with E-state index in [1.165, 1.54) is 77.0 Å². The first-order chi connectivity index (χ1) is 23.9. The predicted molar refractivity (Wildman–Crippen MR) is 196 cm³/mol. The molecule has 2 amide bonds. The second kappa shape index (κ2) is 23.4. The summed E-state index contributed by atoms with van der Waals surface area (Å²) in [6.45, 7) is 11.5. The average molecular weight is 682 g/mol. The Hall–Kier alpha value is -2.98. The number of aliphatic hydroxyl groups is 1. The molecule has 274 valence electrons. The van der Waals surface area contributed by atoms with Gasteiger partial charge < -0.3 is 34.9 Å². The molecule has 9 nitrogen and oxygen atoms in total. The Morgan fingerprint density at radius 2 is 1.45 bits per heavy atom. The minimum Gasteiger partial charge on any atom is -0.465 e. The van der Waals surface area contributed by atoms with E-state index < -0.39 is 18.3 Å². The number of benzene rings is 2. The van der Waals surface area contributed by atoms with Gasteiger partial charge in [-0.05, 0) is 56.1 Å². The number of hydrogen-bond donors (Lipinski definition) is 3. The van der Waals surface area contributed by atoms with Crippen LogP contribution in [0, 0.1) is 5.92 Å². The number of carbonyl (C=O) groups excluding carboxylic acids is 2. The molecule has 0 bridgehead atoms. The molecule has 2 aromatic rings. The molecule has 0 saturated carbocycles. The van der Waals surface area contributed by atoms with Gasteiger partial charge in [0.2, 0.25) is 0 Å². The third-order valence-corrected chi connectivity index (χ3v) is 9.33. The highest BCUT2D eigenvalue weighted by Gasteiger charge is 2.39. The van der Waals surface area contributed by atoms with E-state index in [0.717, 1.165) is 36.3 Å². The van der Waals surface area contributed by atoms with Crippen molar-refractivity contribution in [2.45, 2.75) is 130 Å². The smallest absolute Gasteiger partial charge is 0.325 e. The van der Waals surface area contributed by atoms with Crippen molar-refractivity contribution in [2.75, 3.05) is 38.1 Å². The maximum Gasteiger partial charge on any atom is 0.325 e. The van der Waals surface area contributed by atoms with Gasteiger partial charge in [-0.2, -0.15) is 0 Å². The normalized spacial score (nSPS) is 19.1. The summed E-state index contributed by atoms with van der Waals surface area (Å²) < 4.78 is 18.4. The number of anilines is 1. The standard InChI is InChI=1S/C40H63N3O6/c1-5-8-10-12-14-16-25-43(26-17-15-13-11-9-6-2)29-36-31(4)38(33-23-21-32(30-44)22-24-33)49-39(48-36)34-19-18-20-35(27-34)42-40(46)41-28-37(45)47-7-3/h18-24,27,31,36,38-39,44H,5-17,25-26,28-30H2,1-4H3,(H2,41,42,46). The van der Waals surface area contributed by atoms with Gasteiger partial charge in [0.1, 0.15) is 6.54 Å². The summed E-state index contributed by atoms with van der Waals surface area (Å²) in [5.74, 6) is -0.404. The minimum absolute atomic E-state index is 0.00523. The summed E-state index contributed by atoms with van der Waals surface area (Å²) in [6, 6.07) is 15.0. The fraction of sp³-hybridized carbons (Fsp3) is 0.650. The summed E-state index contributed by atoms with van der Waals surface area (Å²) in [5, 5.41) is 15.0. The Morgan fingerprint density at radius 3 is 2.06 bits per heavy atom. The van der Waals surface area contributed by atoms with E-state index in [9.17, 15) is 14.7 Å². The summed E-state index contributed by atoms with van der Waals surface area (Å²) in [6.07, 6.45) is 14.3. The van der Waals surface area contributed by atoms with Gasteiger partial charge >= 0.3 is 12.0 Å². The predicted octanol–water partition coefficient (Wildman–Crippen LogP) is 8.68. The molecule has 2 aromatic carbocycles. The van der Waals surface area contributed by atoms with Gasteiger partial charge in [-0.3, -0.25) is 4.79 Å². The first-order valence-corrected chi connectivity index (χ1v) is 18.9. The topological polar surface area (TPSA) is 109 Å². The van der Waals surface area contributed by atoms with Crippen molar-refractivity contribution >= 4 is 17.7 Å². The molecule has 4 unspecified atom stereocenters. The van der Waals surface area contributed by atoms with E-state index in [-0.39, 0.29) is 37.9 Å². The summed E-state index contributed by atoms with van der Waals surface area (Å²) >= 11 is 0. The van der Waals surface area contributed by atoms with Crippen molar-refractivity contribution in [1.82, 2.24) is 10.2 Å². The number of carbonyl (C=O) groups is 2. The molecule has 0 radical (unpaired) electrons. The molecule has 1 saturated heterocycles. The third-order valence-electron chi connectivity index (χ3n) is 9.33. The van der Waals surface area contributed by atoms with E-state index in [2.05, 4.69) is 36.3 Å². The molecular weight excluding hydrogens is 618 g/mol. The highest BCUT2D eigenvalue weighted by molar-refractivity contribution is 5.91. The Morgan fingerprint density at radius 1 is 0.816 bits per heavy atom. The monoisotopic (exact) mass is 681 g/mol. The van der Waals surface area contributed by atoms with E-state index in [4.69, 9.17) is 14.2 Å². The van der Waals surface area contributed by atoms with Crippen LogP contribution in [0.4, 0.5) is 10.5 Å². The third kappa shape index (κ3) is 14.8. The zero-order valence-electron chi connectivity index (χ0n) is 30.6. The van der Waals surface area contributed by atoms with Crippen LogP contribution in [0.25, 0.3) is 0 Å². The van der Waals surface area contributed by atoms with Crippen molar-refractivity contribution in [3.63, 3.8) is 0 Å². The maximum absolute atomic E-state index is 12.5. The molecule has 1 aliphatic heterocycles. The van der Waals surface area contributed by atoms with Crippen LogP contribution in [0.5, 0.6) is 0 Å². The highest BCUT2D eigenvalue weighted by Crippen LogP contribution is 2.42. The van der Waals surface area contributed by atoms with Crippen LogP contribution < -0.4 is 10.6 Å². The van der Waals surface area contributed by atoms with Gasteiger partial charge in [0.05, 0.1) is 25.4 Å². The molecule has 0 spiro atoms. The Kier molecular flexibility index (Phi) is 19.3. The van der Waals surface area contributed by atoms with Crippen molar-refractivity contribution in [1.29, 1.82) is 0 Å². The van der Waals surface area contributed by atoms with Crippen molar-refractivity contribution in [3.05, 3.63) is 65.2 Å². The number of rotatable bonds is 23. The van der Waals surface area contributed by atoms with Crippen LogP contribution in [0.1, 0.15) is 134 Å². The zero-order valence-corrected chi connectivity index (χ0v) is 30.6. The minimum atomic E-state index is -0.641. The average Bonchev–Trinajstić information content (AvgIpc) is 3.11. The zero-order chi connectivity index (χ0) is 35.3. The van der Waals surface area contributed by atoms with Gasteiger partial charge in [-0.25, -0.2) is 4.79 Å². The quantitative estimate of drug-likeness (QED) is 0.0796. The van der Waals surface area contributed by atoms with E-state index in [1.54, 1.807) is 13.0 Å². The van der Waals surface area contributed by atoms with E-state index in [1.807, 2.05) is 42.5 Å². The molecular formula is C40H63N3O6. The Balaban J connectivity index is 1.77. The Bertz CT molecular complexity index is 1190. The molecule has 0 aromatic heterocycles. The molecule has 3 rings (SSSR count). The SMILES string of the molecule is CCCCCCCCN(CCCCCCCC)CC1OC(c2cccc(NC(=O)NCC(=O)OCC)c2)OC(c2ccc(CO)cc2)C1C. The second-order valence-corrected chi connectivity index (χ2v) is 13.4. The number of nitrogens with zero attached hydrogens (tertiary/aromatic N) is 1. The van der Waals surface area contributed by atoms with Crippen LogP contribution in [0.15, 0.2) is 48.5 Å². The van der Waals surface area contributed by atoms with Crippen LogP contribution in [-0.4, -0.2) is 60.9 Å². The van der Waals surface area contributed by atoms with Crippen molar-refractivity contribution in [2.24, 2.45) is 5.92 Å². The van der Waals surface area contributed by atoms with Gasteiger partial charge in [-0.1, -0.05) is 121 Å². The number of nitrogens with one attached hydrogen (secondary N) is 2. The summed E-state index contributed by atoms with van der Waals surface area (Å²) in [4.78, 5) is 26.8. The highest BCUT2D eigenvalue weighted by atomic mass is 16.7. The van der Waals surface area contributed by atoms with Crippen molar-refractivity contribution < 1.29 is 28.9 Å². The lowest BCUT2D eigenvalue weighted by molar-refractivity contribution is -0.276. The summed E-state index contributed by atoms with van der Waals surface area (Å²) in [7, 11) is 0. The molecule has 9 heteroatoms. The molecule has 49 heavy (non-hydrogen) atoms. The van der Waals surface area contributed by atoms with Gasteiger partial charge in [0.15, 0.2) is 6.29 Å². The lowest BCUT2D eigenvalue weighted by atomic mass is 9.90. The number of ether oxygens (including phenoxy) is 3. The second-order valence-electron chi connectivity index (χ2n) is 13.4. The van der Waals surface area contributed by atoms with Gasteiger partial charge in [-0.15, -0.1) is 0 Å². The first kappa shape index (κ1) is 40.4. The number of amides is 2. The van der Waals surface area contributed by atoms with Crippen LogP contribution in [0.3, 0.4) is 0 Å². The number of unbranched alkanes of at least 4 members (excludes halogenated alkanes) is 10. The lowest BCUT2D eigenvalue weighted by Gasteiger charge is -2.43. The molecule has 0 aliphatic carbocycles. The molecule has 4 atom stereocenters. The first-order valence-electron chi connectivity index (χ1n) is 18.9. The maximum atomic E-state index is 12.5. The fourth-order valence-corrected chi connectivity index (χ4v) is 6.41. The lowest BCUT2D eigenvalue weighted by Crippen LogP contribution is -2.45.